The van der Waals surface area contributed by atoms with E-state index in [-0.39, 0.29) is 11.9 Å². The molecule has 1 aromatic carbocycles. The fourth-order valence-corrected chi connectivity index (χ4v) is 7.26. The zero-order chi connectivity index (χ0) is 28.5. The van der Waals surface area contributed by atoms with E-state index in [0.717, 1.165) is 63.5 Å². The van der Waals surface area contributed by atoms with Crippen molar-refractivity contribution in [2.24, 2.45) is 0 Å². The van der Waals surface area contributed by atoms with Crippen LogP contribution in [0, 0.1) is 11.3 Å². The van der Waals surface area contributed by atoms with Crippen LogP contribution in [-0.2, 0) is 24.1 Å². The number of aryl methyl sites for hydroxylation is 1. The third kappa shape index (κ3) is 5.38. The Bertz CT molecular complexity index is 1340. The van der Waals surface area contributed by atoms with Crippen LogP contribution in [0.5, 0.6) is 0 Å². The van der Waals surface area contributed by atoms with Crippen molar-refractivity contribution in [2.45, 2.75) is 63.1 Å². The smallest absolute Gasteiger partial charge is 0.246 e. The summed E-state index contributed by atoms with van der Waals surface area (Å²) >= 11 is 0. The van der Waals surface area contributed by atoms with E-state index < -0.39 is 0 Å². The first kappa shape index (κ1) is 27.5. The lowest BCUT2D eigenvalue weighted by Gasteiger charge is -2.43. The van der Waals surface area contributed by atoms with Gasteiger partial charge in [-0.1, -0.05) is 24.8 Å². The number of anilines is 3. The molecule has 41 heavy (non-hydrogen) atoms. The Kier molecular flexibility index (Phi) is 7.85. The summed E-state index contributed by atoms with van der Waals surface area (Å²) in [5.41, 5.74) is 5.25. The van der Waals surface area contributed by atoms with Crippen LogP contribution in [0.2, 0.25) is 0 Å². The predicted molar refractivity (Wildman–Crippen MR) is 162 cm³/mol. The standard InChI is InChI=1S/C32H42N8O/c1-4-30(41)40-19-18-37(22-26(40)13-15-33)31-27-12-11-24(39-16-7-9-23-8-5-6-10-29(23)39)20-28(27)34-32(35-31)38-17-14-25(21-38)36(2)3/h4-6,8,10,24-26H,1,7,9,11-14,16-22H2,2-3H3/t24-,25-,26+/m1/s1. The van der Waals surface area contributed by atoms with Crippen LogP contribution in [0.4, 0.5) is 17.5 Å². The van der Waals surface area contributed by atoms with Gasteiger partial charge in [0.05, 0.1) is 24.2 Å². The monoisotopic (exact) mass is 554 g/mol. The van der Waals surface area contributed by atoms with Gasteiger partial charge in [-0.05, 0) is 63.9 Å². The Morgan fingerprint density at radius 2 is 1.95 bits per heavy atom. The molecule has 6 rings (SSSR count). The third-order valence-electron chi connectivity index (χ3n) is 9.55. The molecule has 216 valence electrons. The Balaban J connectivity index is 1.33. The van der Waals surface area contributed by atoms with E-state index in [1.54, 1.807) is 4.90 Å². The first-order valence-corrected chi connectivity index (χ1v) is 15.2. The van der Waals surface area contributed by atoms with E-state index in [0.29, 0.717) is 38.1 Å². The Labute approximate surface area is 244 Å². The molecule has 2 aromatic rings. The lowest BCUT2D eigenvalue weighted by molar-refractivity contribution is -0.128. The summed E-state index contributed by atoms with van der Waals surface area (Å²) in [6.45, 7) is 8.48. The summed E-state index contributed by atoms with van der Waals surface area (Å²) in [7, 11) is 4.29. The number of para-hydroxylation sites is 1. The first-order valence-electron chi connectivity index (χ1n) is 15.2. The summed E-state index contributed by atoms with van der Waals surface area (Å²) in [4.78, 5) is 34.5. The quantitative estimate of drug-likeness (QED) is 0.504. The van der Waals surface area contributed by atoms with Gasteiger partial charge >= 0.3 is 0 Å². The maximum atomic E-state index is 12.6. The van der Waals surface area contributed by atoms with Gasteiger partial charge in [0, 0.05) is 69.0 Å². The van der Waals surface area contributed by atoms with Gasteiger partial charge in [0.2, 0.25) is 11.9 Å². The van der Waals surface area contributed by atoms with Crippen molar-refractivity contribution in [1.82, 2.24) is 19.8 Å². The number of likely N-dealkylation sites (N-methyl/N-ethyl adjacent to an activating group) is 1. The van der Waals surface area contributed by atoms with Gasteiger partial charge in [-0.2, -0.15) is 10.2 Å². The first-order chi connectivity index (χ1) is 20.0. The number of hydrogen-bond donors (Lipinski definition) is 0. The summed E-state index contributed by atoms with van der Waals surface area (Å²) in [6, 6.07) is 11.9. The molecule has 9 heteroatoms. The lowest BCUT2D eigenvalue weighted by atomic mass is 9.88. The second-order valence-corrected chi connectivity index (χ2v) is 12.1. The molecule has 1 aromatic heterocycles. The number of rotatable bonds is 6. The maximum absolute atomic E-state index is 12.6. The number of carbonyl (C=O) groups is 1. The van der Waals surface area contributed by atoms with Crippen molar-refractivity contribution in [3.63, 3.8) is 0 Å². The van der Waals surface area contributed by atoms with Gasteiger partial charge in [0.1, 0.15) is 5.82 Å². The van der Waals surface area contributed by atoms with Crippen LogP contribution in [0.25, 0.3) is 0 Å². The molecule has 3 aliphatic heterocycles. The molecule has 1 amide bonds. The molecule has 0 radical (unpaired) electrons. The Morgan fingerprint density at radius 3 is 2.73 bits per heavy atom. The number of piperazine rings is 1. The largest absolute Gasteiger partial charge is 0.368 e. The number of benzene rings is 1. The van der Waals surface area contributed by atoms with Gasteiger partial charge in [-0.15, -0.1) is 0 Å². The van der Waals surface area contributed by atoms with E-state index in [4.69, 9.17) is 9.97 Å². The number of carbonyl (C=O) groups excluding carboxylic acids is 1. The number of fused-ring (bicyclic) bond motifs is 2. The zero-order valence-corrected chi connectivity index (χ0v) is 24.5. The van der Waals surface area contributed by atoms with Crippen LogP contribution in [0.15, 0.2) is 36.9 Å². The minimum Gasteiger partial charge on any atom is -0.368 e. The molecule has 0 saturated carbocycles. The highest BCUT2D eigenvalue weighted by atomic mass is 16.2. The maximum Gasteiger partial charge on any atom is 0.246 e. The fraction of sp³-hybridized carbons (Fsp3) is 0.562. The van der Waals surface area contributed by atoms with E-state index in [9.17, 15) is 10.1 Å². The van der Waals surface area contributed by atoms with Gasteiger partial charge in [0.25, 0.3) is 0 Å². The van der Waals surface area contributed by atoms with Gasteiger partial charge in [-0.3, -0.25) is 4.79 Å². The van der Waals surface area contributed by atoms with Gasteiger partial charge < -0.3 is 24.5 Å². The van der Waals surface area contributed by atoms with Gasteiger partial charge in [-0.25, -0.2) is 4.98 Å². The lowest BCUT2D eigenvalue weighted by Crippen LogP contribution is -2.55. The summed E-state index contributed by atoms with van der Waals surface area (Å²) < 4.78 is 0. The normalized spacial score (nSPS) is 24.2. The molecular weight excluding hydrogens is 512 g/mol. The molecule has 2 fully saturated rings. The van der Waals surface area contributed by atoms with Crippen molar-refractivity contribution in [1.29, 1.82) is 5.26 Å². The predicted octanol–water partition coefficient (Wildman–Crippen LogP) is 3.04. The van der Waals surface area contributed by atoms with E-state index >= 15 is 0 Å². The average Bonchev–Trinajstić information content (AvgIpc) is 3.51. The molecule has 0 spiro atoms. The highest BCUT2D eigenvalue weighted by Crippen LogP contribution is 2.37. The molecule has 2 saturated heterocycles. The average molecular weight is 555 g/mol. The molecule has 4 aliphatic rings. The van der Waals surface area contributed by atoms with Crippen molar-refractivity contribution in [3.05, 3.63) is 53.7 Å². The minimum absolute atomic E-state index is 0.105. The van der Waals surface area contributed by atoms with Crippen LogP contribution >= 0.6 is 0 Å². The molecule has 4 heterocycles. The number of amides is 1. The fourth-order valence-electron chi connectivity index (χ4n) is 7.26. The highest BCUT2D eigenvalue weighted by molar-refractivity contribution is 5.87. The highest BCUT2D eigenvalue weighted by Gasteiger charge is 2.36. The molecule has 0 N–H and O–H groups in total. The van der Waals surface area contributed by atoms with Crippen molar-refractivity contribution < 1.29 is 4.79 Å². The molecule has 0 bridgehead atoms. The molecule has 1 aliphatic carbocycles. The number of nitriles is 1. The Morgan fingerprint density at radius 1 is 1.10 bits per heavy atom. The molecule has 9 nitrogen and oxygen atoms in total. The topological polar surface area (TPSA) is 82.8 Å². The van der Waals surface area contributed by atoms with E-state index in [1.165, 1.54) is 35.0 Å². The zero-order valence-electron chi connectivity index (χ0n) is 24.5. The number of aromatic nitrogens is 2. The van der Waals surface area contributed by atoms with E-state index in [1.807, 2.05) is 0 Å². The van der Waals surface area contributed by atoms with E-state index in [2.05, 4.69) is 70.6 Å². The number of hydrogen-bond acceptors (Lipinski definition) is 8. The van der Waals surface area contributed by atoms with Crippen LogP contribution in [0.3, 0.4) is 0 Å². The van der Waals surface area contributed by atoms with Crippen LogP contribution < -0.4 is 14.7 Å². The molecule has 3 atom stereocenters. The molecule has 0 unspecified atom stereocenters. The van der Waals surface area contributed by atoms with Crippen molar-refractivity contribution >= 4 is 23.4 Å². The minimum atomic E-state index is -0.181. The Hall–Kier alpha value is -3.64. The van der Waals surface area contributed by atoms with Gasteiger partial charge in [0.15, 0.2) is 0 Å². The molecular formula is C32H42N8O. The summed E-state index contributed by atoms with van der Waals surface area (Å²) in [5.74, 6) is 1.72. The number of nitrogens with zero attached hydrogens (tertiary/aromatic N) is 8. The summed E-state index contributed by atoms with van der Waals surface area (Å²) in [5, 5.41) is 9.55. The SMILES string of the molecule is C=CC(=O)N1CCN(c2nc(N3CC[C@@H](N(C)C)C3)nc3c2CC[C@@H](N2CCCc4ccccc42)C3)C[C@@H]1CC#N. The second kappa shape index (κ2) is 11.7. The van der Waals surface area contributed by atoms with Crippen LogP contribution in [0.1, 0.15) is 42.5 Å². The van der Waals surface area contributed by atoms with Crippen molar-refractivity contribution in [2.75, 3.05) is 68.1 Å². The summed E-state index contributed by atoms with van der Waals surface area (Å²) in [6.07, 6.45) is 8.01. The van der Waals surface area contributed by atoms with Crippen LogP contribution in [-0.4, -0.2) is 97.2 Å². The third-order valence-corrected chi connectivity index (χ3v) is 9.55. The second-order valence-electron chi connectivity index (χ2n) is 12.1. The van der Waals surface area contributed by atoms with Crippen molar-refractivity contribution in [3.8, 4) is 6.07 Å².